The Hall–Kier alpha value is -2.78. The van der Waals surface area contributed by atoms with Crippen LogP contribution in [-0.4, -0.2) is 53.8 Å². The molecule has 2 atom stereocenters. The first-order chi connectivity index (χ1) is 14.1. The van der Waals surface area contributed by atoms with E-state index in [1.165, 1.54) is 6.20 Å². The van der Waals surface area contributed by atoms with Crippen molar-refractivity contribution >= 4 is 18.2 Å². The number of phenols is 1. The van der Waals surface area contributed by atoms with Crippen LogP contribution in [0.15, 0.2) is 36.8 Å². The standard InChI is InChI=1S/C21H26FN7O.ClH/c1-20(2)8-15(18(22)21(3,4)29-20)26-17-11-23-19(28-27-17)14-6-5-12(7-16(14)30)13-9-24-25-10-13;/h5-7,9-11,15,18,29-30H,8H2,1-4H3,(H,24,25)(H,26,27);1H. The molecule has 0 bridgehead atoms. The summed E-state index contributed by atoms with van der Waals surface area (Å²) >= 11 is 0. The molecule has 1 aliphatic rings. The Balaban J connectivity index is 0.00000272. The molecule has 0 saturated carbocycles. The van der Waals surface area contributed by atoms with E-state index in [0.29, 0.717) is 23.6 Å². The Morgan fingerprint density at radius 2 is 1.90 bits per heavy atom. The molecule has 4 rings (SSSR count). The summed E-state index contributed by atoms with van der Waals surface area (Å²) in [4.78, 5) is 4.31. The van der Waals surface area contributed by atoms with Crippen LogP contribution < -0.4 is 10.6 Å². The van der Waals surface area contributed by atoms with Gasteiger partial charge in [-0.2, -0.15) is 5.10 Å². The summed E-state index contributed by atoms with van der Waals surface area (Å²) in [6, 6.07) is 4.79. The lowest BCUT2D eigenvalue weighted by Crippen LogP contribution is -2.67. The zero-order valence-corrected chi connectivity index (χ0v) is 18.7. The maximum Gasteiger partial charge on any atom is 0.185 e. The van der Waals surface area contributed by atoms with Crippen molar-refractivity contribution in [2.45, 2.75) is 57.4 Å². The van der Waals surface area contributed by atoms with E-state index in [2.05, 4.69) is 49.9 Å². The second-order valence-electron chi connectivity index (χ2n) is 8.97. The monoisotopic (exact) mass is 447 g/mol. The quantitative estimate of drug-likeness (QED) is 0.482. The number of benzene rings is 1. The molecule has 2 aromatic heterocycles. The molecule has 166 valence electrons. The van der Waals surface area contributed by atoms with E-state index < -0.39 is 17.8 Å². The molecule has 1 aliphatic heterocycles. The first-order valence-electron chi connectivity index (χ1n) is 9.87. The minimum absolute atomic E-state index is 0. The number of nitrogens with zero attached hydrogens (tertiary/aromatic N) is 4. The van der Waals surface area contributed by atoms with E-state index in [-0.39, 0.29) is 23.7 Å². The number of nitrogens with one attached hydrogen (secondary N) is 3. The number of rotatable bonds is 4. The molecule has 0 aliphatic carbocycles. The summed E-state index contributed by atoms with van der Waals surface area (Å²) in [6.45, 7) is 7.82. The minimum Gasteiger partial charge on any atom is -0.507 e. The molecular formula is C21H27ClFN7O. The van der Waals surface area contributed by atoms with E-state index in [1.807, 2.05) is 19.9 Å². The average Bonchev–Trinajstić information content (AvgIpc) is 3.20. The van der Waals surface area contributed by atoms with Crippen molar-refractivity contribution < 1.29 is 9.50 Å². The molecule has 0 radical (unpaired) electrons. The van der Waals surface area contributed by atoms with Crippen molar-refractivity contribution in [2.75, 3.05) is 5.32 Å². The number of anilines is 1. The molecule has 10 heteroatoms. The van der Waals surface area contributed by atoms with Gasteiger partial charge in [0.15, 0.2) is 11.6 Å². The Kier molecular flexibility index (Phi) is 6.20. The molecule has 3 heterocycles. The van der Waals surface area contributed by atoms with Gasteiger partial charge in [-0.25, -0.2) is 9.37 Å². The second-order valence-corrected chi connectivity index (χ2v) is 8.97. The normalized spacial score (nSPS) is 21.8. The van der Waals surface area contributed by atoms with Gasteiger partial charge in [0.25, 0.3) is 0 Å². The van der Waals surface area contributed by atoms with Crippen LogP contribution in [0.2, 0.25) is 0 Å². The Labute approximate surface area is 186 Å². The predicted molar refractivity (Wildman–Crippen MR) is 120 cm³/mol. The largest absolute Gasteiger partial charge is 0.507 e. The summed E-state index contributed by atoms with van der Waals surface area (Å²) < 4.78 is 15.0. The molecule has 1 aromatic carbocycles. The second kappa shape index (κ2) is 8.39. The van der Waals surface area contributed by atoms with Crippen LogP contribution in [-0.2, 0) is 0 Å². The van der Waals surface area contributed by atoms with Gasteiger partial charge in [-0.1, -0.05) is 6.07 Å². The van der Waals surface area contributed by atoms with Gasteiger partial charge in [0, 0.05) is 22.8 Å². The van der Waals surface area contributed by atoms with Gasteiger partial charge in [0.2, 0.25) is 0 Å². The number of aromatic nitrogens is 5. The van der Waals surface area contributed by atoms with Crippen molar-refractivity contribution in [3.8, 4) is 28.3 Å². The minimum atomic E-state index is -1.11. The fourth-order valence-electron chi connectivity index (χ4n) is 4.24. The number of hydrogen-bond donors (Lipinski definition) is 4. The average molecular weight is 448 g/mol. The topological polar surface area (TPSA) is 112 Å². The van der Waals surface area contributed by atoms with E-state index >= 15 is 0 Å². The smallest absolute Gasteiger partial charge is 0.185 e. The summed E-state index contributed by atoms with van der Waals surface area (Å²) in [7, 11) is 0. The number of H-pyrrole nitrogens is 1. The Bertz CT molecular complexity index is 1020. The van der Waals surface area contributed by atoms with Crippen LogP contribution in [0.25, 0.3) is 22.5 Å². The summed E-state index contributed by atoms with van der Waals surface area (Å²) in [5.41, 5.74) is 1.27. The van der Waals surface area contributed by atoms with Crippen molar-refractivity contribution in [3.05, 3.63) is 36.8 Å². The zero-order chi connectivity index (χ0) is 21.5. The van der Waals surface area contributed by atoms with Crippen LogP contribution in [0.4, 0.5) is 10.2 Å². The van der Waals surface area contributed by atoms with Gasteiger partial charge >= 0.3 is 0 Å². The van der Waals surface area contributed by atoms with Gasteiger partial charge in [-0.3, -0.25) is 5.10 Å². The van der Waals surface area contributed by atoms with E-state index in [0.717, 1.165) is 11.1 Å². The molecule has 1 fully saturated rings. The maximum absolute atomic E-state index is 15.0. The number of phenolic OH excluding ortho intramolecular Hbond substituents is 1. The lowest BCUT2D eigenvalue weighted by atomic mass is 9.78. The van der Waals surface area contributed by atoms with Gasteiger partial charge in [-0.15, -0.1) is 22.6 Å². The van der Waals surface area contributed by atoms with Crippen LogP contribution in [0.1, 0.15) is 34.1 Å². The third kappa shape index (κ3) is 4.77. The lowest BCUT2D eigenvalue weighted by molar-refractivity contribution is 0.0655. The number of aromatic amines is 1. The van der Waals surface area contributed by atoms with Crippen molar-refractivity contribution in [1.29, 1.82) is 0 Å². The van der Waals surface area contributed by atoms with Crippen LogP contribution in [0, 0.1) is 0 Å². The first kappa shape index (κ1) is 22.9. The maximum atomic E-state index is 15.0. The molecule has 3 aromatic rings. The third-order valence-electron chi connectivity index (χ3n) is 5.40. The van der Waals surface area contributed by atoms with Gasteiger partial charge in [-0.05, 0) is 51.8 Å². The van der Waals surface area contributed by atoms with E-state index in [9.17, 15) is 9.50 Å². The highest BCUT2D eigenvalue weighted by molar-refractivity contribution is 5.85. The SMILES string of the molecule is CC1(C)CC(Nc2cnc(-c3ccc(-c4cn[nH]c4)cc3O)nn2)C(F)C(C)(C)N1.Cl. The predicted octanol–water partition coefficient (Wildman–Crippen LogP) is 3.73. The van der Waals surface area contributed by atoms with Crippen molar-refractivity contribution in [3.63, 3.8) is 0 Å². The molecule has 0 amide bonds. The van der Waals surface area contributed by atoms with E-state index in [4.69, 9.17) is 0 Å². The molecule has 0 spiro atoms. The Morgan fingerprint density at radius 1 is 1.13 bits per heavy atom. The third-order valence-corrected chi connectivity index (χ3v) is 5.40. The van der Waals surface area contributed by atoms with Gasteiger partial charge in [0.1, 0.15) is 11.9 Å². The molecule has 31 heavy (non-hydrogen) atoms. The zero-order valence-electron chi connectivity index (χ0n) is 17.8. The fourth-order valence-corrected chi connectivity index (χ4v) is 4.24. The molecule has 8 nitrogen and oxygen atoms in total. The summed E-state index contributed by atoms with van der Waals surface area (Å²) in [5, 5.41) is 31.8. The highest BCUT2D eigenvalue weighted by atomic mass is 35.5. The van der Waals surface area contributed by atoms with Gasteiger partial charge < -0.3 is 15.7 Å². The molecular weight excluding hydrogens is 421 g/mol. The highest BCUT2D eigenvalue weighted by Crippen LogP contribution is 2.33. The van der Waals surface area contributed by atoms with Crippen molar-refractivity contribution in [1.82, 2.24) is 30.7 Å². The highest BCUT2D eigenvalue weighted by Gasteiger charge is 2.46. The fraction of sp³-hybridized carbons (Fsp3) is 0.429. The van der Waals surface area contributed by atoms with Crippen LogP contribution >= 0.6 is 12.4 Å². The van der Waals surface area contributed by atoms with Gasteiger partial charge in [0.05, 0.1) is 24.0 Å². The number of piperidine rings is 1. The Morgan fingerprint density at radius 3 is 2.52 bits per heavy atom. The molecule has 1 saturated heterocycles. The molecule has 2 unspecified atom stereocenters. The van der Waals surface area contributed by atoms with Crippen molar-refractivity contribution in [2.24, 2.45) is 0 Å². The molecule has 4 N–H and O–H groups in total. The summed E-state index contributed by atoms with van der Waals surface area (Å²) in [6.07, 6.45) is 4.42. The number of hydrogen-bond acceptors (Lipinski definition) is 7. The first-order valence-corrected chi connectivity index (χ1v) is 9.87. The number of halogens is 2. The number of aromatic hydroxyl groups is 1. The van der Waals surface area contributed by atoms with E-state index in [1.54, 1.807) is 24.5 Å². The lowest BCUT2D eigenvalue weighted by Gasteiger charge is -2.48. The van der Waals surface area contributed by atoms with Crippen LogP contribution in [0.3, 0.4) is 0 Å². The summed E-state index contributed by atoms with van der Waals surface area (Å²) in [5.74, 6) is 0.732. The number of alkyl halides is 1. The van der Waals surface area contributed by atoms with Crippen LogP contribution in [0.5, 0.6) is 5.75 Å².